The first kappa shape index (κ1) is 9.95. The fraction of sp³-hybridized carbons (Fsp3) is 0.333. The van der Waals surface area contributed by atoms with Crippen molar-refractivity contribution in [1.82, 2.24) is 14.6 Å². The number of aromatic nitrogens is 3. The Balaban J connectivity index is 2.73. The summed E-state index contributed by atoms with van der Waals surface area (Å²) in [5, 5.41) is 4.37. The zero-order chi connectivity index (χ0) is 10.3. The van der Waals surface area contributed by atoms with Crippen LogP contribution in [-0.4, -0.2) is 22.4 Å². The molecular weight excluding hydrogens is 288 g/mol. The summed E-state index contributed by atoms with van der Waals surface area (Å²) in [5.74, 6) is 0.775. The van der Waals surface area contributed by atoms with Gasteiger partial charge in [0.2, 0.25) is 0 Å². The highest BCUT2D eigenvalue weighted by Gasteiger charge is 2.21. The van der Waals surface area contributed by atoms with Gasteiger partial charge in [0.25, 0.3) is 0 Å². The molecule has 2 radical (unpaired) electrons. The Bertz CT molecular complexity index is 472. The molecule has 0 N–H and O–H groups in total. The Morgan fingerprint density at radius 1 is 1.50 bits per heavy atom. The standard InChI is InChI=1S/C9H9BIN3/c1-6-3-4-7-5-12-8(9(2,10)11)14(7)13-6/h3-5H,1-2H3. The molecule has 1 atom stereocenters. The average Bonchev–Trinajstić information content (AvgIpc) is 2.45. The number of hydrogen-bond acceptors (Lipinski definition) is 2. The maximum atomic E-state index is 5.98. The molecule has 2 aromatic heterocycles. The first-order chi connectivity index (χ1) is 6.48. The Morgan fingerprint density at radius 2 is 2.21 bits per heavy atom. The van der Waals surface area contributed by atoms with E-state index in [0.717, 1.165) is 17.0 Å². The number of imidazole rings is 1. The molecule has 2 aromatic rings. The zero-order valence-corrected chi connectivity index (χ0v) is 10.2. The van der Waals surface area contributed by atoms with Gasteiger partial charge in [-0.15, -0.1) is 0 Å². The van der Waals surface area contributed by atoms with Gasteiger partial charge < -0.3 is 0 Å². The van der Waals surface area contributed by atoms with Crippen molar-refractivity contribution >= 4 is 36.0 Å². The first-order valence-corrected chi connectivity index (χ1v) is 5.36. The summed E-state index contributed by atoms with van der Waals surface area (Å²) in [6, 6.07) is 3.95. The highest BCUT2D eigenvalue weighted by molar-refractivity contribution is 14.1. The van der Waals surface area contributed by atoms with Crippen LogP contribution in [0.1, 0.15) is 18.4 Å². The SMILES string of the molecule is [B]C(C)(I)c1ncc2ccc(C)nn12. The quantitative estimate of drug-likeness (QED) is 0.456. The van der Waals surface area contributed by atoms with E-state index in [2.05, 4.69) is 32.7 Å². The molecule has 0 aliphatic heterocycles. The molecule has 0 saturated heterocycles. The van der Waals surface area contributed by atoms with Crippen molar-refractivity contribution in [2.24, 2.45) is 0 Å². The predicted molar refractivity (Wildman–Crippen MR) is 64.9 cm³/mol. The largest absolute Gasteiger partial charge is 0.239 e. The van der Waals surface area contributed by atoms with E-state index in [0.29, 0.717) is 0 Å². The monoisotopic (exact) mass is 297 g/mol. The third kappa shape index (κ3) is 1.65. The molecule has 0 spiro atoms. The van der Waals surface area contributed by atoms with Crippen molar-refractivity contribution in [3.63, 3.8) is 0 Å². The molecule has 0 amide bonds. The van der Waals surface area contributed by atoms with Gasteiger partial charge in [0.1, 0.15) is 5.82 Å². The molecule has 70 valence electrons. The van der Waals surface area contributed by atoms with Gasteiger partial charge in [-0.2, -0.15) is 5.10 Å². The van der Waals surface area contributed by atoms with E-state index in [1.807, 2.05) is 26.0 Å². The van der Waals surface area contributed by atoms with Crippen LogP contribution < -0.4 is 0 Å². The summed E-state index contributed by atoms with van der Waals surface area (Å²) in [6.07, 6.45) is 1.78. The van der Waals surface area contributed by atoms with Gasteiger partial charge in [-0.1, -0.05) is 29.5 Å². The molecular formula is C9H9BIN3. The summed E-state index contributed by atoms with van der Waals surface area (Å²) in [7, 11) is 5.98. The molecule has 0 aliphatic rings. The summed E-state index contributed by atoms with van der Waals surface area (Å²) < 4.78 is 1.30. The lowest BCUT2D eigenvalue weighted by Gasteiger charge is -2.14. The number of fused-ring (bicyclic) bond motifs is 1. The maximum absolute atomic E-state index is 5.98. The van der Waals surface area contributed by atoms with Crippen LogP contribution in [0.5, 0.6) is 0 Å². The highest BCUT2D eigenvalue weighted by atomic mass is 127. The molecule has 2 heterocycles. The first-order valence-electron chi connectivity index (χ1n) is 4.28. The van der Waals surface area contributed by atoms with Gasteiger partial charge in [-0.3, -0.25) is 0 Å². The summed E-state index contributed by atoms with van der Waals surface area (Å²) in [4.78, 5) is 4.28. The van der Waals surface area contributed by atoms with Crippen molar-refractivity contribution in [2.75, 3.05) is 0 Å². The summed E-state index contributed by atoms with van der Waals surface area (Å²) in [5.41, 5.74) is 1.93. The van der Waals surface area contributed by atoms with Crippen LogP contribution in [-0.2, 0) is 3.32 Å². The van der Waals surface area contributed by atoms with Crippen molar-refractivity contribution in [3.8, 4) is 0 Å². The van der Waals surface area contributed by atoms with Gasteiger partial charge in [-0.05, 0) is 19.1 Å². The fourth-order valence-corrected chi connectivity index (χ4v) is 1.68. The lowest BCUT2D eigenvalue weighted by molar-refractivity contribution is 0.784. The van der Waals surface area contributed by atoms with E-state index in [1.54, 1.807) is 10.7 Å². The highest BCUT2D eigenvalue weighted by Crippen LogP contribution is 2.26. The van der Waals surface area contributed by atoms with Gasteiger partial charge in [0.15, 0.2) is 0 Å². The van der Waals surface area contributed by atoms with E-state index < -0.39 is 3.32 Å². The smallest absolute Gasteiger partial charge is 0.137 e. The van der Waals surface area contributed by atoms with Crippen LogP contribution in [0.4, 0.5) is 0 Å². The van der Waals surface area contributed by atoms with Gasteiger partial charge in [0, 0.05) is 3.32 Å². The molecule has 3 nitrogen and oxygen atoms in total. The third-order valence-electron chi connectivity index (χ3n) is 1.95. The Kier molecular flexibility index (Phi) is 2.29. The zero-order valence-electron chi connectivity index (χ0n) is 8.03. The third-order valence-corrected chi connectivity index (χ3v) is 2.44. The summed E-state index contributed by atoms with van der Waals surface area (Å²) >= 11 is 2.15. The Morgan fingerprint density at radius 3 is 2.86 bits per heavy atom. The molecule has 0 fully saturated rings. The van der Waals surface area contributed by atoms with Gasteiger partial charge >= 0.3 is 0 Å². The number of hydrogen-bond donors (Lipinski definition) is 0. The minimum absolute atomic E-state index is 0.495. The van der Waals surface area contributed by atoms with Crippen LogP contribution in [0.25, 0.3) is 5.52 Å². The van der Waals surface area contributed by atoms with Crippen LogP contribution >= 0.6 is 22.6 Å². The molecule has 0 aromatic carbocycles. The van der Waals surface area contributed by atoms with Crippen LogP contribution in [0, 0.1) is 6.92 Å². The number of aryl methyl sites for hydroxylation is 1. The van der Waals surface area contributed by atoms with E-state index >= 15 is 0 Å². The number of alkyl halides is 1. The molecule has 1 unspecified atom stereocenters. The summed E-state index contributed by atoms with van der Waals surface area (Å²) in [6.45, 7) is 3.86. The van der Waals surface area contributed by atoms with Crippen molar-refractivity contribution in [1.29, 1.82) is 0 Å². The molecule has 5 heteroatoms. The topological polar surface area (TPSA) is 30.2 Å². The van der Waals surface area contributed by atoms with E-state index in [1.165, 1.54) is 0 Å². The van der Waals surface area contributed by atoms with Crippen molar-refractivity contribution in [2.45, 2.75) is 17.2 Å². The van der Waals surface area contributed by atoms with Crippen molar-refractivity contribution in [3.05, 3.63) is 29.8 Å². The van der Waals surface area contributed by atoms with Crippen molar-refractivity contribution < 1.29 is 0 Å². The molecule has 0 aliphatic carbocycles. The second-order valence-corrected chi connectivity index (χ2v) is 5.71. The fourth-order valence-electron chi connectivity index (χ4n) is 1.31. The second kappa shape index (κ2) is 3.22. The Labute approximate surface area is 97.5 Å². The van der Waals surface area contributed by atoms with E-state index in [9.17, 15) is 0 Å². The number of halogens is 1. The Hall–Kier alpha value is -0.585. The molecule has 0 bridgehead atoms. The van der Waals surface area contributed by atoms with Crippen LogP contribution in [0.3, 0.4) is 0 Å². The average molecular weight is 297 g/mol. The van der Waals surface area contributed by atoms with Gasteiger partial charge in [-0.25, -0.2) is 9.50 Å². The predicted octanol–water partition coefficient (Wildman–Crippen LogP) is 1.81. The normalized spacial score (nSPS) is 15.6. The lowest BCUT2D eigenvalue weighted by Crippen LogP contribution is -2.17. The van der Waals surface area contributed by atoms with Crippen LogP contribution in [0.15, 0.2) is 18.3 Å². The van der Waals surface area contributed by atoms with E-state index in [-0.39, 0.29) is 0 Å². The number of nitrogens with zero attached hydrogens (tertiary/aromatic N) is 3. The lowest BCUT2D eigenvalue weighted by atomic mass is 9.89. The van der Waals surface area contributed by atoms with Crippen LogP contribution in [0.2, 0.25) is 0 Å². The molecule has 2 rings (SSSR count). The second-order valence-electron chi connectivity index (χ2n) is 3.47. The molecule has 0 saturated carbocycles. The van der Waals surface area contributed by atoms with E-state index in [4.69, 9.17) is 7.85 Å². The maximum Gasteiger partial charge on any atom is 0.137 e. The van der Waals surface area contributed by atoms with Gasteiger partial charge in [0.05, 0.1) is 25.3 Å². The molecule has 14 heavy (non-hydrogen) atoms. The minimum Gasteiger partial charge on any atom is -0.239 e. The number of rotatable bonds is 1. The minimum atomic E-state index is -0.495.